The van der Waals surface area contributed by atoms with Crippen LogP contribution in [0, 0.1) is 46.6 Å². The Hall–Kier alpha value is -3.26. The Labute approximate surface area is 120 Å². The van der Waals surface area contributed by atoms with Gasteiger partial charge in [-0.2, -0.15) is 10.5 Å². The fourth-order valence-electron chi connectivity index (χ4n) is 2.07. The molecule has 0 aliphatic heterocycles. The Morgan fingerprint density at radius 3 is 2.62 bits per heavy atom. The molecule has 21 heavy (non-hydrogen) atoms. The highest BCUT2D eigenvalue weighted by Crippen LogP contribution is 2.24. The lowest BCUT2D eigenvalue weighted by molar-refractivity contribution is -0.386. The molecule has 104 valence electrons. The van der Waals surface area contributed by atoms with Gasteiger partial charge in [0.15, 0.2) is 11.4 Å². The molecule has 2 heterocycles. The van der Waals surface area contributed by atoms with Gasteiger partial charge in [-0.15, -0.1) is 0 Å². The molecule has 0 spiro atoms. The average molecular weight is 282 g/mol. The minimum Gasteiger partial charge on any atom is -0.315 e. The summed E-state index contributed by atoms with van der Waals surface area (Å²) >= 11 is 0. The predicted molar refractivity (Wildman–Crippen MR) is 71.1 cm³/mol. The number of hydrogen-bond donors (Lipinski definition) is 0. The highest BCUT2D eigenvalue weighted by Gasteiger charge is 2.20. The summed E-state index contributed by atoms with van der Waals surface area (Å²) in [6.07, 6.45) is 2.78. The van der Waals surface area contributed by atoms with Crippen LogP contribution in [-0.2, 0) is 6.54 Å². The van der Waals surface area contributed by atoms with E-state index in [1.807, 2.05) is 12.1 Å². The van der Waals surface area contributed by atoms with Crippen LogP contribution in [0.5, 0.6) is 0 Å². The van der Waals surface area contributed by atoms with E-state index in [0.717, 1.165) is 0 Å². The molecule has 0 aromatic carbocycles. The zero-order valence-corrected chi connectivity index (χ0v) is 11.4. The van der Waals surface area contributed by atoms with E-state index in [-0.39, 0.29) is 23.6 Å². The van der Waals surface area contributed by atoms with E-state index in [1.165, 1.54) is 17.1 Å². The van der Waals surface area contributed by atoms with Crippen LogP contribution in [0.2, 0.25) is 0 Å². The van der Waals surface area contributed by atoms with Gasteiger partial charge >= 0.3 is 0 Å². The zero-order chi connectivity index (χ0) is 15.6. The van der Waals surface area contributed by atoms with Crippen molar-refractivity contribution in [2.24, 2.45) is 0 Å². The van der Waals surface area contributed by atoms with Gasteiger partial charge in [-0.05, 0) is 13.8 Å². The molecule has 0 saturated heterocycles. The molecule has 0 atom stereocenters. The van der Waals surface area contributed by atoms with Crippen LogP contribution in [-0.4, -0.2) is 19.5 Å². The van der Waals surface area contributed by atoms with E-state index in [1.54, 1.807) is 13.8 Å². The Balaban J connectivity index is 2.49. The van der Waals surface area contributed by atoms with Gasteiger partial charge in [0.05, 0.1) is 29.1 Å². The summed E-state index contributed by atoms with van der Waals surface area (Å²) in [6, 6.07) is 3.72. The Bertz CT molecular complexity index is 809. The van der Waals surface area contributed by atoms with Crippen molar-refractivity contribution in [1.82, 2.24) is 14.5 Å². The second-order valence-corrected chi connectivity index (χ2v) is 4.41. The van der Waals surface area contributed by atoms with Crippen molar-refractivity contribution in [3.05, 3.63) is 50.8 Å². The molecule has 0 unspecified atom stereocenters. The number of nitrogens with zero attached hydrogens (tertiary/aromatic N) is 6. The van der Waals surface area contributed by atoms with E-state index < -0.39 is 4.92 Å². The molecule has 0 aliphatic rings. The molecular formula is C13H10N6O2. The normalized spacial score (nSPS) is 9.90. The summed E-state index contributed by atoms with van der Waals surface area (Å²) in [5.74, 6) is 0. The molecule has 0 amide bonds. The molecule has 2 rings (SSSR count). The smallest absolute Gasteiger partial charge is 0.278 e. The van der Waals surface area contributed by atoms with Crippen LogP contribution in [0.15, 0.2) is 12.5 Å². The van der Waals surface area contributed by atoms with Gasteiger partial charge in [-0.25, -0.2) is 4.98 Å². The van der Waals surface area contributed by atoms with Gasteiger partial charge in [0.2, 0.25) is 0 Å². The number of aromatic nitrogens is 3. The third-order valence-corrected chi connectivity index (χ3v) is 3.13. The number of rotatable bonds is 3. The van der Waals surface area contributed by atoms with Crippen molar-refractivity contribution in [1.29, 1.82) is 10.5 Å². The van der Waals surface area contributed by atoms with Gasteiger partial charge in [-0.1, -0.05) is 0 Å². The number of nitriles is 2. The Morgan fingerprint density at radius 2 is 2.05 bits per heavy atom. The minimum absolute atomic E-state index is 0.0131. The maximum Gasteiger partial charge on any atom is 0.278 e. The highest BCUT2D eigenvalue weighted by molar-refractivity contribution is 5.47. The second-order valence-electron chi connectivity index (χ2n) is 4.41. The fourth-order valence-corrected chi connectivity index (χ4v) is 2.07. The number of imidazole rings is 1. The van der Waals surface area contributed by atoms with Crippen LogP contribution >= 0.6 is 0 Å². The van der Waals surface area contributed by atoms with E-state index in [4.69, 9.17) is 10.5 Å². The molecule has 0 radical (unpaired) electrons. The van der Waals surface area contributed by atoms with E-state index in [0.29, 0.717) is 16.8 Å². The number of hydrogen-bond acceptors (Lipinski definition) is 6. The first-order valence-corrected chi connectivity index (χ1v) is 5.94. The predicted octanol–water partition coefficient (Wildman–Crippen LogP) is 1.59. The molecular weight excluding hydrogens is 272 g/mol. The van der Waals surface area contributed by atoms with Gasteiger partial charge in [0.1, 0.15) is 12.1 Å². The van der Waals surface area contributed by atoms with Crippen molar-refractivity contribution in [2.45, 2.75) is 20.4 Å². The van der Waals surface area contributed by atoms with Crippen LogP contribution in [0.4, 0.5) is 5.69 Å². The fraction of sp³-hybridized carbons (Fsp3) is 0.231. The van der Waals surface area contributed by atoms with E-state index in [2.05, 4.69) is 9.97 Å². The van der Waals surface area contributed by atoms with Crippen LogP contribution in [0.1, 0.15) is 28.2 Å². The molecule has 0 N–H and O–H groups in total. The third-order valence-electron chi connectivity index (χ3n) is 3.13. The molecule has 0 aliphatic carbocycles. The van der Waals surface area contributed by atoms with Crippen molar-refractivity contribution < 1.29 is 4.92 Å². The zero-order valence-electron chi connectivity index (χ0n) is 11.4. The summed E-state index contributed by atoms with van der Waals surface area (Å²) in [5.41, 5.74) is 1.53. The SMILES string of the molecule is Cc1cnc(Cn2cnc(C#N)c2C#N)c(C)c1[N+](=O)[O-]. The summed E-state index contributed by atoms with van der Waals surface area (Å²) in [6.45, 7) is 3.37. The number of aryl methyl sites for hydroxylation is 1. The van der Waals surface area contributed by atoms with Gasteiger partial charge in [-0.3, -0.25) is 15.1 Å². The summed E-state index contributed by atoms with van der Waals surface area (Å²) in [7, 11) is 0. The molecule has 2 aromatic heterocycles. The quantitative estimate of drug-likeness (QED) is 0.622. The molecule has 0 fully saturated rings. The molecule has 8 heteroatoms. The van der Waals surface area contributed by atoms with Gasteiger partial charge in [0.25, 0.3) is 5.69 Å². The second kappa shape index (κ2) is 5.39. The topological polar surface area (TPSA) is 121 Å². The monoisotopic (exact) mass is 282 g/mol. The van der Waals surface area contributed by atoms with Gasteiger partial charge in [0, 0.05) is 11.8 Å². The van der Waals surface area contributed by atoms with Crippen LogP contribution < -0.4 is 0 Å². The summed E-state index contributed by atoms with van der Waals surface area (Å²) in [5, 5.41) is 29.0. The van der Waals surface area contributed by atoms with Crippen molar-refractivity contribution in [3.8, 4) is 12.1 Å². The lowest BCUT2D eigenvalue weighted by atomic mass is 10.1. The van der Waals surface area contributed by atoms with Gasteiger partial charge < -0.3 is 4.57 Å². The largest absolute Gasteiger partial charge is 0.315 e. The molecule has 0 bridgehead atoms. The van der Waals surface area contributed by atoms with Crippen LogP contribution in [0.25, 0.3) is 0 Å². The van der Waals surface area contributed by atoms with Crippen molar-refractivity contribution >= 4 is 5.69 Å². The van der Waals surface area contributed by atoms with Crippen molar-refractivity contribution in [3.63, 3.8) is 0 Å². The lowest BCUT2D eigenvalue weighted by Gasteiger charge is -2.08. The first-order valence-electron chi connectivity index (χ1n) is 5.94. The summed E-state index contributed by atoms with van der Waals surface area (Å²) < 4.78 is 1.45. The van der Waals surface area contributed by atoms with Crippen molar-refractivity contribution in [2.75, 3.05) is 0 Å². The Morgan fingerprint density at radius 1 is 1.33 bits per heavy atom. The maximum atomic E-state index is 11.1. The highest BCUT2D eigenvalue weighted by atomic mass is 16.6. The lowest BCUT2D eigenvalue weighted by Crippen LogP contribution is -2.08. The molecule has 2 aromatic rings. The number of nitro groups is 1. The first-order chi connectivity index (χ1) is 9.99. The van der Waals surface area contributed by atoms with E-state index >= 15 is 0 Å². The maximum absolute atomic E-state index is 11.1. The standard InChI is InChI=1S/C13H10N6O2/c1-8-5-16-11(9(2)13(8)19(20)21)6-18-7-17-10(3-14)12(18)4-15/h5,7H,6H2,1-2H3. The molecule has 0 saturated carbocycles. The van der Waals surface area contributed by atoms with E-state index in [9.17, 15) is 10.1 Å². The first kappa shape index (κ1) is 14.2. The average Bonchev–Trinajstić information content (AvgIpc) is 2.83. The third kappa shape index (κ3) is 2.42. The van der Waals surface area contributed by atoms with Crippen LogP contribution in [0.3, 0.4) is 0 Å². The summed E-state index contributed by atoms with van der Waals surface area (Å²) in [4.78, 5) is 18.6. The number of pyridine rings is 1. The molecule has 8 nitrogen and oxygen atoms in total. The minimum atomic E-state index is -0.449. The Kier molecular flexibility index (Phi) is 3.63.